The molecule has 1 rings (SSSR count). The first-order chi connectivity index (χ1) is 9.44. The van der Waals surface area contributed by atoms with Gasteiger partial charge >= 0.3 is 0 Å². The highest BCUT2D eigenvalue weighted by atomic mass is 16.5. The second-order valence-electron chi connectivity index (χ2n) is 6.06. The predicted octanol–water partition coefficient (Wildman–Crippen LogP) is 2.93. The summed E-state index contributed by atoms with van der Waals surface area (Å²) in [6.07, 6.45) is 7.65. The van der Waals surface area contributed by atoms with E-state index in [9.17, 15) is 4.79 Å². The van der Waals surface area contributed by atoms with Gasteiger partial charge in [0.2, 0.25) is 0 Å². The Bertz CT molecular complexity index is 447. The lowest BCUT2D eigenvalue weighted by Crippen LogP contribution is -2.40. The highest BCUT2D eigenvalue weighted by Gasteiger charge is 2.13. The standard InChI is InChI=1S/C16H28N2O2/c1-4-5-6-7-8-12-20-14-10-9-11-18(15(14)19)13-16(2,3)17/h9-11H,4-8,12-13,17H2,1-3H3. The van der Waals surface area contributed by atoms with E-state index in [1.807, 2.05) is 19.9 Å². The fourth-order valence-corrected chi connectivity index (χ4v) is 2.08. The first kappa shape index (κ1) is 16.8. The van der Waals surface area contributed by atoms with E-state index in [2.05, 4.69) is 6.92 Å². The summed E-state index contributed by atoms with van der Waals surface area (Å²) in [5.41, 5.74) is 5.44. The van der Waals surface area contributed by atoms with Crippen molar-refractivity contribution < 1.29 is 4.74 Å². The van der Waals surface area contributed by atoms with Gasteiger partial charge in [-0.25, -0.2) is 0 Å². The van der Waals surface area contributed by atoms with E-state index in [0.29, 0.717) is 18.9 Å². The van der Waals surface area contributed by atoms with Gasteiger partial charge in [0.25, 0.3) is 5.56 Å². The van der Waals surface area contributed by atoms with E-state index in [4.69, 9.17) is 10.5 Å². The average Bonchev–Trinajstić information content (AvgIpc) is 2.36. The molecule has 4 heteroatoms. The third-order valence-corrected chi connectivity index (χ3v) is 3.07. The van der Waals surface area contributed by atoms with Crippen LogP contribution < -0.4 is 16.0 Å². The van der Waals surface area contributed by atoms with Gasteiger partial charge in [0.15, 0.2) is 5.75 Å². The Morgan fingerprint density at radius 1 is 1.25 bits per heavy atom. The summed E-state index contributed by atoms with van der Waals surface area (Å²) in [6, 6.07) is 3.56. The van der Waals surface area contributed by atoms with Crippen LogP contribution in [0.15, 0.2) is 23.1 Å². The molecule has 1 heterocycles. The maximum atomic E-state index is 12.2. The summed E-state index contributed by atoms with van der Waals surface area (Å²) in [4.78, 5) is 12.2. The van der Waals surface area contributed by atoms with E-state index in [0.717, 1.165) is 12.8 Å². The number of nitrogens with two attached hydrogens (primary N) is 1. The summed E-state index contributed by atoms with van der Waals surface area (Å²) >= 11 is 0. The minimum absolute atomic E-state index is 0.0976. The molecule has 0 aromatic carbocycles. The maximum absolute atomic E-state index is 12.2. The fourth-order valence-electron chi connectivity index (χ4n) is 2.08. The third kappa shape index (κ3) is 6.24. The van der Waals surface area contributed by atoms with Crippen molar-refractivity contribution in [1.29, 1.82) is 0 Å². The number of hydrogen-bond acceptors (Lipinski definition) is 3. The van der Waals surface area contributed by atoms with Gasteiger partial charge in [-0.2, -0.15) is 0 Å². The first-order valence-corrected chi connectivity index (χ1v) is 7.55. The highest BCUT2D eigenvalue weighted by molar-refractivity contribution is 5.17. The van der Waals surface area contributed by atoms with Crippen molar-refractivity contribution in [2.24, 2.45) is 5.73 Å². The molecule has 2 N–H and O–H groups in total. The molecule has 0 saturated heterocycles. The predicted molar refractivity (Wildman–Crippen MR) is 83.2 cm³/mol. The molecule has 0 spiro atoms. The summed E-state index contributed by atoms with van der Waals surface area (Å²) in [6.45, 7) is 7.10. The monoisotopic (exact) mass is 280 g/mol. The molecule has 1 aromatic heterocycles. The highest BCUT2D eigenvalue weighted by Crippen LogP contribution is 2.07. The molecule has 0 aliphatic rings. The number of rotatable bonds is 9. The number of nitrogens with zero attached hydrogens (tertiary/aromatic N) is 1. The van der Waals surface area contributed by atoms with Gasteiger partial charge < -0.3 is 15.0 Å². The number of pyridine rings is 1. The molecule has 1 aromatic rings. The largest absolute Gasteiger partial charge is 0.488 e. The lowest BCUT2D eigenvalue weighted by atomic mass is 10.1. The summed E-state index contributed by atoms with van der Waals surface area (Å²) in [5, 5.41) is 0. The fraction of sp³-hybridized carbons (Fsp3) is 0.688. The SMILES string of the molecule is CCCCCCCOc1cccn(CC(C)(C)N)c1=O. The number of hydrogen-bond donors (Lipinski definition) is 1. The van der Waals surface area contributed by atoms with Crippen LogP contribution in [0.25, 0.3) is 0 Å². The van der Waals surface area contributed by atoms with Gasteiger partial charge in [-0.05, 0) is 32.4 Å². The Labute approximate surface area is 121 Å². The molecule has 114 valence electrons. The molecule has 0 radical (unpaired) electrons. The van der Waals surface area contributed by atoms with E-state index in [-0.39, 0.29) is 5.56 Å². The maximum Gasteiger partial charge on any atom is 0.292 e. The van der Waals surface area contributed by atoms with Crippen LogP contribution in [0.2, 0.25) is 0 Å². The molecule has 0 atom stereocenters. The molecule has 0 unspecified atom stereocenters. The van der Waals surface area contributed by atoms with Crippen LogP contribution in [0, 0.1) is 0 Å². The van der Waals surface area contributed by atoms with Crippen LogP contribution in [-0.2, 0) is 6.54 Å². The zero-order valence-corrected chi connectivity index (χ0v) is 13.0. The normalized spacial score (nSPS) is 11.6. The number of aromatic nitrogens is 1. The van der Waals surface area contributed by atoms with Crippen LogP contribution >= 0.6 is 0 Å². The zero-order valence-electron chi connectivity index (χ0n) is 13.0. The Hall–Kier alpha value is -1.29. The lowest BCUT2D eigenvalue weighted by Gasteiger charge is -2.20. The molecule has 0 aliphatic carbocycles. The Kier molecular flexibility index (Phi) is 6.79. The number of ether oxygens (including phenoxy) is 1. The minimum atomic E-state index is -0.414. The lowest BCUT2D eigenvalue weighted by molar-refractivity contribution is 0.296. The van der Waals surface area contributed by atoms with Crippen molar-refractivity contribution in [3.8, 4) is 5.75 Å². The van der Waals surface area contributed by atoms with Crippen LogP contribution in [-0.4, -0.2) is 16.7 Å². The molecule has 0 bridgehead atoms. The third-order valence-electron chi connectivity index (χ3n) is 3.07. The van der Waals surface area contributed by atoms with Crippen LogP contribution in [0.1, 0.15) is 52.9 Å². The van der Waals surface area contributed by atoms with Gasteiger partial charge in [0.1, 0.15) is 0 Å². The topological polar surface area (TPSA) is 57.2 Å². The van der Waals surface area contributed by atoms with Crippen LogP contribution in [0.5, 0.6) is 5.75 Å². The Balaban J connectivity index is 2.50. The quantitative estimate of drug-likeness (QED) is 0.708. The van der Waals surface area contributed by atoms with Crippen molar-refractivity contribution in [3.63, 3.8) is 0 Å². The van der Waals surface area contributed by atoms with Crippen LogP contribution in [0.4, 0.5) is 0 Å². The second kappa shape index (κ2) is 8.10. The van der Waals surface area contributed by atoms with Gasteiger partial charge in [-0.15, -0.1) is 0 Å². The minimum Gasteiger partial charge on any atom is -0.488 e. The molecule has 4 nitrogen and oxygen atoms in total. The molecule has 0 amide bonds. The van der Waals surface area contributed by atoms with E-state index < -0.39 is 5.54 Å². The molecule has 0 aliphatic heterocycles. The molecular formula is C16H28N2O2. The Morgan fingerprint density at radius 3 is 2.60 bits per heavy atom. The van der Waals surface area contributed by atoms with Crippen molar-refractivity contribution in [2.45, 2.75) is 65.0 Å². The molecule has 0 saturated carbocycles. The zero-order chi connectivity index (χ0) is 15.0. The van der Waals surface area contributed by atoms with E-state index in [1.165, 1.54) is 19.3 Å². The smallest absolute Gasteiger partial charge is 0.292 e. The summed E-state index contributed by atoms with van der Waals surface area (Å²) in [5.74, 6) is 0.423. The molecule has 0 fully saturated rings. The average molecular weight is 280 g/mol. The van der Waals surface area contributed by atoms with E-state index >= 15 is 0 Å². The molecule has 20 heavy (non-hydrogen) atoms. The van der Waals surface area contributed by atoms with Crippen molar-refractivity contribution >= 4 is 0 Å². The Morgan fingerprint density at radius 2 is 1.95 bits per heavy atom. The van der Waals surface area contributed by atoms with Gasteiger partial charge in [0, 0.05) is 18.3 Å². The first-order valence-electron chi connectivity index (χ1n) is 7.55. The summed E-state index contributed by atoms with van der Waals surface area (Å²) in [7, 11) is 0. The summed E-state index contributed by atoms with van der Waals surface area (Å²) < 4.78 is 7.22. The van der Waals surface area contributed by atoms with Crippen molar-refractivity contribution in [1.82, 2.24) is 4.57 Å². The second-order valence-corrected chi connectivity index (χ2v) is 6.06. The van der Waals surface area contributed by atoms with Gasteiger partial charge in [-0.1, -0.05) is 32.6 Å². The molecular weight excluding hydrogens is 252 g/mol. The van der Waals surface area contributed by atoms with Crippen molar-refractivity contribution in [3.05, 3.63) is 28.7 Å². The van der Waals surface area contributed by atoms with E-state index in [1.54, 1.807) is 16.8 Å². The van der Waals surface area contributed by atoms with Gasteiger partial charge in [0.05, 0.1) is 6.61 Å². The van der Waals surface area contributed by atoms with Gasteiger partial charge in [-0.3, -0.25) is 4.79 Å². The van der Waals surface area contributed by atoms with Crippen LogP contribution in [0.3, 0.4) is 0 Å². The number of unbranched alkanes of at least 4 members (excludes halogenated alkanes) is 4. The van der Waals surface area contributed by atoms with Crippen molar-refractivity contribution in [2.75, 3.05) is 6.61 Å².